The van der Waals surface area contributed by atoms with E-state index in [2.05, 4.69) is 19.2 Å². The first-order chi connectivity index (χ1) is 9.93. The monoisotopic (exact) mass is 313 g/mol. The van der Waals surface area contributed by atoms with Crippen LogP contribution in [0, 0.1) is 5.92 Å². The molecule has 0 saturated heterocycles. The van der Waals surface area contributed by atoms with Gasteiger partial charge in [0.25, 0.3) is 0 Å². The lowest BCUT2D eigenvalue weighted by atomic mass is 10.1. The minimum absolute atomic E-state index is 0.0929. The lowest BCUT2D eigenvalue weighted by Crippen LogP contribution is -2.17. The first-order valence-corrected chi connectivity index (χ1v) is 8.14. The number of hydrogen-bond donors (Lipinski definition) is 1. The van der Waals surface area contributed by atoms with Crippen molar-refractivity contribution in [3.05, 3.63) is 22.7 Å². The SMILES string of the molecule is CCOc1cc(CNCCC(C)C)c(Cl)cc1OC(C)C. The molecule has 120 valence electrons. The van der Waals surface area contributed by atoms with Gasteiger partial charge in [-0.05, 0) is 51.3 Å². The van der Waals surface area contributed by atoms with Crippen LogP contribution in [0.1, 0.15) is 46.6 Å². The second kappa shape index (κ2) is 9.16. The Morgan fingerprint density at radius 2 is 1.86 bits per heavy atom. The Morgan fingerprint density at radius 3 is 2.43 bits per heavy atom. The van der Waals surface area contributed by atoms with Crippen LogP contribution >= 0.6 is 11.6 Å². The van der Waals surface area contributed by atoms with Gasteiger partial charge in [-0.25, -0.2) is 0 Å². The number of benzene rings is 1. The third kappa shape index (κ3) is 6.58. The second-order valence-corrected chi connectivity index (χ2v) is 6.26. The molecule has 3 nitrogen and oxygen atoms in total. The van der Waals surface area contributed by atoms with Gasteiger partial charge in [0.05, 0.1) is 12.7 Å². The fourth-order valence-electron chi connectivity index (χ4n) is 1.94. The van der Waals surface area contributed by atoms with Gasteiger partial charge in [-0.2, -0.15) is 0 Å². The van der Waals surface area contributed by atoms with Crippen molar-refractivity contribution in [2.24, 2.45) is 5.92 Å². The van der Waals surface area contributed by atoms with Crippen molar-refractivity contribution in [1.29, 1.82) is 0 Å². The molecule has 0 bridgehead atoms. The van der Waals surface area contributed by atoms with E-state index >= 15 is 0 Å². The maximum Gasteiger partial charge on any atom is 0.163 e. The summed E-state index contributed by atoms with van der Waals surface area (Å²) in [6.45, 7) is 12.7. The van der Waals surface area contributed by atoms with E-state index in [1.54, 1.807) is 0 Å². The third-order valence-corrected chi connectivity index (χ3v) is 3.34. The number of rotatable bonds is 9. The van der Waals surface area contributed by atoms with E-state index in [1.165, 1.54) is 0 Å². The van der Waals surface area contributed by atoms with E-state index in [1.807, 2.05) is 32.9 Å². The maximum absolute atomic E-state index is 6.35. The molecule has 0 aliphatic carbocycles. The standard InChI is InChI=1S/C17H28ClNO2/c1-6-20-16-9-14(11-19-8-7-12(2)3)15(18)10-17(16)21-13(4)5/h9-10,12-13,19H,6-8,11H2,1-5H3. The van der Waals surface area contributed by atoms with Crippen molar-refractivity contribution in [1.82, 2.24) is 5.32 Å². The molecule has 0 radical (unpaired) electrons. The van der Waals surface area contributed by atoms with Crippen LogP contribution in [0.2, 0.25) is 5.02 Å². The van der Waals surface area contributed by atoms with Gasteiger partial charge < -0.3 is 14.8 Å². The zero-order chi connectivity index (χ0) is 15.8. The summed E-state index contributed by atoms with van der Waals surface area (Å²) in [5.41, 5.74) is 1.04. The number of halogens is 1. The number of nitrogens with one attached hydrogen (secondary N) is 1. The van der Waals surface area contributed by atoms with Gasteiger partial charge in [0.2, 0.25) is 0 Å². The minimum Gasteiger partial charge on any atom is -0.490 e. The van der Waals surface area contributed by atoms with Gasteiger partial charge in [0, 0.05) is 17.6 Å². The van der Waals surface area contributed by atoms with E-state index in [4.69, 9.17) is 21.1 Å². The first-order valence-electron chi connectivity index (χ1n) is 7.76. The van der Waals surface area contributed by atoms with Gasteiger partial charge in [-0.15, -0.1) is 0 Å². The van der Waals surface area contributed by atoms with Crippen molar-refractivity contribution >= 4 is 11.6 Å². The third-order valence-electron chi connectivity index (χ3n) is 2.99. The molecule has 1 aromatic carbocycles. The summed E-state index contributed by atoms with van der Waals surface area (Å²) >= 11 is 6.35. The van der Waals surface area contributed by atoms with Gasteiger partial charge >= 0.3 is 0 Å². The summed E-state index contributed by atoms with van der Waals surface area (Å²) in [5.74, 6) is 2.17. The van der Waals surface area contributed by atoms with Crippen LogP contribution in [-0.2, 0) is 6.54 Å². The van der Waals surface area contributed by atoms with Crippen molar-refractivity contribution in [3.63, 3.8) is 0 Å². The molecule has 1 aromatic rings. The predicted octanol–water partition coefficient (Wildman–Crippen LogP) is 4.66. The summed E-state index contributed by atoms with van der Waals surface area (Å²) in [7, 11) is 0. The van der Waals surface area contributed by atoms with E-state index in [0.29, 0.717) is 23.3 Å². The molecule has 0 fully saturated rings. The molecule has 0 unspecified atom stereocenters. The zero-order valence-electron chi connectivity index (χ0n) is 13.8. The molecule has 21 heavy (non-hydrogen) atoms. The van der Waals surface area contributed by atoms with Crippen LogP contribution in [0.5, 0.6) is 11.5 Å². The lowest BCUT2D eigenvalue weighted by Gasteiger charge is -2.17. The largest absolute Gasteiger partial charge is 0.490 e. The predicted molar refractivity (Wildman–Crippen MR) is 89.5 cm³/mol. The van der Waals surface area contributed by atoms with Crippen LogP contribution in [0.15, 0.2) is 12.1 Å². The summed E-state index contributed by atoms with van der Waals surface area (Å²) in [6.07, 6.45) is 1.25. The van der Waals surface area contributed by atoms with E-state index in [0.717, 1.165) is 30.8 Å². The average Bonchev–Trinajstić information content (AvgIpc) is 2.38. The smallest absolute Gasteiger partial charge is 0.163 e. The summed E-state index contributed by atoms with van der Waals surface area (Å²) in [4.78, 5) is 0. The highest BCUT2D eigenvalue weighted by molar-refractivity contribution is 6.31. The Labute approximate surface area is 134 Å². The van der Waals surface area contributed by atoms with Gasteiger partial charge in [-0.1, -0.05) is 25.4 Å². The van der Waals surface area contributed by atoms with Crippen molar-refractivity contribution in [2.75, 3.05) is 13.2 Å². The second-order valence-electron chi connectivity index (χ2n) is 5.85. The average molecular weight is 314 g/mol. The minimum atomic E-state index is 0.0929. The van der Waals surface area contributed by atoms with Crippen LogP contribution in [0.25, 0.3) is 0 Å². The summed E-state index contributed by atoms with van der Waals surface area (Å²) in [5, 5.41) is 4.14. The molecular weight excluding hydrogens is 286 g/mol. The molecular formula is C17H28ClNO2. The molecule has 0 amide bonds. The molecule has 0 heterocycles. The maximum atomic E-state index is 6.35. The first kappa shape index (κ1) is 18.1. The van der Waals surface area contributed by atoms with Crippen LogP contribution in [0.4, 0.5) is 0 Å². The Bertz CT molecular complexity index is 433. The van der Waals surface area contributed by atoms with Crippen LogP contribution in [0.3, 0.4) is 0 Å². The summed E-state index contributed by atoms with van der Waals surface area (Å²) in [6, 6.07) is 3.83. The quantitative estimate of drug-likeness (QED) is 0.672. The Kier molecular flexibility index (Phi) is 7.91. The van der Waals surface area contributed by atoms with Crippen molar-refractivity contribution in [3.8, 4) is 11.5 Å². The van der Waals surface area contributed by atoms with E-state index in [-0.39, 0.29) is 6.10 Å². The van der Waals surface area contributed by atoms with Gasteiger partial charge in [-0.3, -0.25) is 0 Å². The fourth-order valence-corrected chi connectivity index (χ4v) is 2.16. The van der Waals surface area contributed by atoms with Gasteiger partial charge in [0.1, 0.15) is 0 Å². The normalized spacial score (nSPS) is 11.2. The molecule has 0 saturated carbocycles. The highest BCUT2D eigenvalue weighted by Crippen LogP contribution is 2.34. The highest BCUT2D eigenvalue weighted by atomic mass is 35.5. The molecule has 0 atom stereocenters. The number of ether oxygens (including phenoxy) is 2. The Hall–Kier alpha value is -0.930. The summed E-state index contributed by atoms with van der Waals surface area (Å²) < 4.78 is 11.4. The van der Waals surface area contributed by atoms with E-state index < -0.39 is 0 Å². The lowest BCUT2D eigenvalue weighted by molar-refractivity contribution is 0.223. The molecule has 1 N–H and O–H groups in total. The van der Waals surface area contributed by atoms with Crippen molar-refractivity contribution in [2.45, 2.75) is 53.7 Å². The molecule has 0 aliphatic rings. The Balaban J connectivity index is 2.77. The topological polar surface area (TPSA) is 30.5 Å². The molecule has 0 spiro atoms. The molecule has 0 aliphatic heterocycles. The van der Waals surface area contributed by atoms with Crippen LogP contribution < -0.4 is 14.8 Å². The van der Waals surface area contributed by atoms with Crippen LogP contribution in [-0.4, -0.2) is 19.3 Å². The fraction of sp³-hybridized carbons (Fsp3) is 0.647. The van der Waals surface area contributed by atoms with E-state index in [9.17, 15) is 0 Å². The Morgan fingerprint density at radius 1 is 1.14 bits per heavy atom. The molecule has 1 rings (SSSR count). The molecule has 0 aromatic heterocycles. The van der Waals surface area contributed by atoms with Crippen molar-refractivity contribution < 1.29 is 9.47 Å². The highest BCUT2D eigenvalue weighted by Gasteiger charge is 2.12. The zero-order valence-corrected chi connectivity index (χ0v) is 14.6. The van der Waals surface area contributed by atoms with Gasteiger partial charge in [0.15, 0.2) is 11.5 Å². The molecule has 4 heteroatoms. The number of hydrogen-bond acceptors (Lipinski definition) is 3.